The van der Waals surface area contributed by atoms with Crippen LogP contribution in [0.1, 0.15) is 33.6 Å². The van der Waals surface area contributed by atoms with E-state index in [-0.39, 0.29) is 23.6 Å². The highest BCUT2D eigenvalue weighted by Gasteiger charge is 2.29. The minimum Gasteiger partial charge on any atom is -0.326 e. The van der Waals surface area contributed by atoms with Crippen LogP contribution < -0.4 is 16.0 Å². The van der Waals surface area contributed by atoms with Gasteiger partial charge in [0.1, 0.15) is 0 Å². The van der Waals surface area contributed by atoms with Crippen LogP contribution in [0.2, 0.25) is 0 Å². The molecule has 1 fully saturated rings. The van der Waals surface area contributed by atoms with Crippen molar-refractivity contribution < 1.29 is 14.4 Å². The molecule has 3 aromatic rings. The van der Waals surface area contributed by atoms with Crippen LogP contribution in [0.5, 0.6) is 0 Å². The van der Waals surface area contributed by atoms with E-state index in [0.717, 1.165) is 12.8 Å². The highest BCUT2D eigenvalue weighted by molar-refractivity contribution is 7.08. The van der Waals surface area contributed by atoms with Crippen molar-refractivity contribution in [3.05, 3.63) is 76.5 Å². The molecule has 7 heteroatoms. The smallest absolute Gasteiger partial charge is 0.257 e. The number of amides is 3. The SMILES string of the molecule is O=C(Nc1ccccc1C(=O)Nc1ccc(NC(=O)C2CC2)cc1)c1ccsc1. The molecule has 1 aromatic heterocycles. The van der Waals surface area contributed by atoms with Gasteiger partial charge in [0, 0.05) is 22.7 Å². The van der Waals surface area contributed by atoms with Crippen LogP contribution in [0.25, 0.3) is 0 Å². The number of carbonyl (C=O) groups excluding carboxylic acids is 3. The van der Waals surface area contributed by atoms with E-state index >= 15 is 0 Å². The third-order valence-corrected chi connectivity index (χ3v) is 5.24. The number of hydrogen-bond acceptors (Lipinski definition) is 4. The molecule has 3 N–H and O–H groups in total. The lowest BCUT2D eigenvalue weighted by Gasteiger charge is -2.12. The van der Waals surface area contributed by atoms with Crippen LogP contribution in [0.15, 0.2) is 65.4 Å². The van der Waals surface area contributed by atoms with Crippen LogP contribution >= 0.6 is 11.3 Å². The van der Waals surface area contributed by atoms with E-state index in [9.17, 15) is 14.4 Å². The first kappa shape index (κ1) is 18.9. The van der Waals surface area contributed by atoms with Crippen molar-refractivity contribution >= 4 is 46.1 Å². The first-order valence-corrected chi connectivity index (χ1v) is 10.2. The zero-order valence-corrected chi connectivity index (χ0v) is 16.3. The van der Waals surface area contributed by atoms with E-state index in [1.807, 2.05) is 5.38 Å². The molecular formula is C22H19N3O3S. The molecule has 4 rings (SSSR count). The van der Waals surface area contributed by atoms with Crippen molar-refractivity contribution in [1.82, 2.24) is 0 Å². The van der Waals surface area contributed by atoms with E-state index in [0.29, 0.717) is 28.2 Å². The molecule has 1 heterocycles. The highest BCUT2D eigenvalue weighted by atomic mass is 32.1. The number of rotatable bonds is 6. The van der Waals surface area contributed by atoms with Gasteiger partial charge in [-0.2, -0.15) is 11.3 Å². The Kier molecular flexibility index (Phi) is 5.39. The second kappa shape index (κ2) is 8.28. The highest BCUT2D eigenvalue weighted by Crippen LogP contribution is 2.30. The third-order valence-electron chi connectivity index (χ3n) is 4.56. The van der Waals surface area contributed by atoms with Gasteiger partial charge in [-0.25, -0.2) is 0 Å². The van der Waals surface area contributed by atoms with E-state index in [2.05, 4.69) is 16.0 Å². The molecular weight excluding hydrogens is 386 g/mol. The van der Waals surface area contributed by atoms with E-state index in [1.165, 1.54) is 11.3 Å². The van der Waals surface area contributed by atoms with Gasteiger partial charge >= 0.3 is 0 Å². The molecule has 0 aliphatic heterocycles. The molecule has 29 heavy (non-hydrogen) atoms. The van der Waals surface area contributed by atoms with Crippen molar-refractivity contribution in [2.45, 2.75) is 12.8 Å². The van der Waals surface area contributed by atoms with Gasteiger partial charge in [-0.3, -0.25) is 14.4 Å². The van der Waals surface area contributed by atoms with Crippen LogP contribution in [0.3, 0.4) is 0 Å². The Bertz CT molecular complexity index is 1040. The standard InChI is InChI=1S/C22H19N3O3S/c26-20(14-5-6-14)23-16-7-9-17(10-8-16)24-22(28)18-3-1-2-4-19(18)25-21(27)15-11-12-29-13-15/h1-4,7-14H,5-6H2,(H,23,26)(H,24,28)(H,25,27). The summed E-state index contributed by atoms with van der Waals surface area (Å²) < 4.78 is 0. The molecule has 3 amide bonds. The zero-order valence-electron chi connectivity index (χ0n) is 15.5. The summed E-state index contributed by atoms with van der Waals surface area (Å²) in [5.41, 5.74) is 2.65. The number of benzene rings is 2. The average Bonchev–Trinajstić information content (AvgIpc) is 3.44. The van der Waals surface area contributed by atoms with Gasteiger partial charge in [-0.15, -0.1) is 0 Å². The van der Waals surface area contributed by atoms with Gasteiger partial charge < -0.3 is 16.0 Å². The average molecular weight is 405 g/mol. The maximum atomic E-state index is 12.7. The predicted molar refractivity (Wildman–Crippen MR) is 114 cm³/mol. The predicted octanol–water partition coefficient (Wildman–Crippen LogP) is 4.60. The maximum absolute atomic E-state index is 12.7. The van der Waals surface area contributed by atoms with Crippen molar-refractivity contribution in [3.63, 3.8) is 0 Å². The van der Waals surface area contributed by atoms with Gasteiger partial charge in [0.25, 0.3) is 11.8 Å². The van der Waals surface area contributed by atoms with Gasteiger partial charge in [-0.05, 0) is 60.7 Å². The lowest BCUT2D eigenvalue weighted by atomic mass is 10.1. The number of carbonyl (C=O) groups is 3. The largest absolute Gasteiger partial charge is 0.326 e. The number of nitrogens with one attached hydrogen (secondary N) is 3. The Balaban J connectivity index is 1.43. The van der Waals surface area contributed by atoms with E-state index in [1.54, 1.807) is 60.0 Å². The number of para-hydroxylation sites is 1. The molecule has 0 saturated heterocycles. The third kappa shape index (κ3) is 4.70. The molecule has 0 spiro atoms. The van der Waals surface area contributed by atoms with Crippen molar-refractivity contribution in [3.8, 4) is 0 Å². The van der Waals surface area contributed by atoms with Crippen molar-refractivity contribution in [2.75, 3.05) is 16.0 Å². The molecule has 0 bridgehead atoms. The maximum Gasteiger partial charge on any atom is 0.257 e. The molecule has 1 aliphatic rings. The van der Waals surface area contributed by atoms with Gasteiger partial charge in [-0.1, -0.05) is 12.1 Å². The summed E-state index contributed by atoms with van der Waals surface area (Å²) in [6, 6.07) is 15.5. The number of thiophene rings is 1. The van der Waals surface area contributed by atoms with Crippen molar-refractivity contribution in [2.24, 2.45) is 5.92 Å². The second-order valence-electron chi connectivity index (χ2n) is 6.81. The minimum absolute atomic E-state index is 0.0390. The Morgan fingerprint density at radius 1 is 0.793 bits per heavy atom. The Hall–Kier alpha value is -3.45. The van der Waals surface area contributed by atoms with Crippen LogP contribution in [0.4, 0.5) is 17.1 Å². The summed E-state index contributed by atoms with van der Waals surface area (Å²) in [4.78, 5) is 36.9. The Morgan fingerprint density at radius 2 is 1.48 bits per heavy atom. The fourth-order valence-electron chi connectivity index (χ4n) is 2.80. The summed E-state index contributed by atoms with van der Waals surface area (Å²) in [7, 11) is 0. The first-order valence-electron chi connectivity index (χ1n) is 9.25. The molecule has 146 valence electrons. The van der Waals surface area contributed by atoms with Gasteiger partial charge in [0.2, 0.25) is 5.91 Å². The summed E-state index contributed by atoms with van der Waals surface area (Å²) in [6.45, 7) is 0. The lowest BCUT2D eigenvalue weighted by molar-refractivity contribution is -0.117. The van der Waals surface area contributed by atoms with E-state index < -0.39 is 0 Å². The van der Waals surface area contributed by atoms with Crippen LogP contribution in [-0.4, -0.2) is 17.7 Å². The number of anilines is 3. The number of hydrogen-bond donors (Lipinski definition) is 3. The molecule has 0 unspecified atom stereocenters. The zero-order chi connectivity index (χ0) is 20.2. The fourth-order valence-corrected chi connectivity index (χ4v) is 3.44. The minimum atomic E-state index is -0.332. The summed E-state index contributed by atoms with van der Waals surface area (Å²) in [5, 5.41) is 12.0. The molecule has 6 nitrogen and oxygen atoms in total. The lowest BCUT2D eigenvalue weighted by Crippen LogP contribution is -2.18. The Morgan fingerprint density at radius 3 is 2.14 bits per heavy atom. The first-order chi connectivity index (χ1) is 14.1. The topological polar surface area (TPSA) is 87.3 Å². The summed E-state index contributed by atoms with van der Waals surface area (Å²) in [5.74, 6) is -0.421. The molecule has 1 aliphatic carbocycles. The molecule has 0 atom stereocenters. The van der Waals surface area contributed by atoms with Gasteiger partial charge in [0.15, 0.2) is 0 Å². The summed E-state index contributed by atoms with van der Waals surface area (Å²) >= 11 is 1.43. The Labute approximate surface area is 172 Å². The van der Waals surface area contributed by atoms with Crippen LogP contribution in [-0.2, 0) is 4.79 Å². The molecule has 0 radical (unpaired) electrons. The quantitative estimate of drug-likeness (QED) is 0.560. The van der Waals surface area contributed by atoms with Gasteiger partial charge in [0.05, 0.1) is 16.8 Å². The molecule has 2 aromatic carbocycles. The summed E-state index contributed by atoms with van der Waals surface area (Å²) in [6.07, 6.45) is 1.89. The normalized spacial score (nSPS) is 12.8. The molecule has 1 saturated carbocycles. The fraction of sp³-hybridized carbons (Fsp3) is 0.136. The van der Waals surface area contributed by atoms with Crippen LogP contribution in [0, 0.1) is 5.92 Å². The van der Waals surface area contributed by atoms with E-state index in [4.69, 9.17) is 0 Å². The second-order valence-corrected chi connectivity index (χ2v) is 7.59. The monoisotopic (exact) mass is 405 g/mol. The van der Waals surface area contributed by atoms with Crippen molar-refractivity contribution in [1.29, 1.82) is 0 Å².